The molecule has 1 amide bonds. The fraction of sp³-hybridized carbons (Fsp3) is 0.310. The first kappa shape index (κ1) is 24.9. The van der Waals surface area contributed by atoms with Gasteiger partial charge in [-0.15, -0.1) is 0 Å². The third-order valence-electron chi connectivity index (χ3n) is 6.35. The summed E-state index contributed by atoms with van der Waals surface area (Å²) >= 11 is 0. The Labute approximate surface area is 210 Å². The molecule has 2 aromatic heterocycles. The minimum Gasteiger partial charge on any atom is -0.496 e. The third kappa shape index (κ3) is 5.55. The van der Waals surface area contributed by atoms with Crippen LogP contribution in [0.5, 0.6) is 5.75 Å². The standard InChI is InChI=1S/C29H30N4O3/c1-18(2)11-20(13-27(34)26-14-24-25(33-26)9-6-10-28(24)36-3)29(35)32-22(15-30)12-21-17-31-16-19-7-4-5-8-23(19)21/h4-10,14,16-18,20,22,33H,11-13H2,1-3H3,(H,32,35). The predicted molar refractivity (Wildman–Crippen MR) is 140 cm³/mol. The van der Waals surface area contributed by atoms with Gasteiger partial charge < -0.3 is 15.0 Å². The number of nitrogens with one attached hydrogen (secondary N) is 2. The monoisotopic (exact) mass is 482 g/mol. The fourth-order valence-corrected chi connectivity index (χ4v) is 4.62. The van der Waals surface area contributed by atoms with Crippen LogP contribution >= 0.6 is 0 Å². The number of fused-ring (bicyclic) bond motifs is 2. The van der Waals surface area contributed by atoms with E-state index in [4.69, 9.17) is 4.74 Å². The lowest BCUT2D eigenvalue weighted by Crippen LogP contribution is -2.40. The molecule has 2 unspecified atom stereocenters. The summed E-state index contributed by atoms with van der Waals surface area (Å²) in [6.45, 7) is 4.03. The van der Waals surface area contributed by atoms with Crippen molar-refractivity contribution < 1.29 is 14.3 Å². The minimum atomic E-state index is -0.729. The number of ether oxygens (including phenoxy) is 1. The van der Waals surface area contributed by atoms with Crippen LogP contribution in [-0.4, -0.2) is 34.8 Å². The highest BCUT2D eigenvalue weighted by Gasteiger charge is 2.27. The second-order valence-electron chi connectivity index (χ2n) is 9.47. The number of rotatable bonds is 10. The van der Waals surface area contributed by atoms with Gasteiger partial charge in [-0.1, -0.05) is 44.2 Å². The number of carbonyl (C=O) groups is 2. The molecule has 0 radical (unpaired) electrons. The van der Waals surface area contributed by atoms with Gasteiger partial charge in [0.15, 0.2) is 5.78 Å². The average Bonchev–Trinajstić information content (AvgIpc) is 3.32. The fourth-order valence-electron chi connectivity index (χ4n) is 4.62. The summed E-state index contributed by atoms with van der Waals surface area (Å²) in [5, 5.41) is 15.5. The topological polar surface area (TPSA) is 108 Å². The van der Waals surface area contributed by atoms with E-state index in [9.17, 15) is 14.9 Å². The largest absolute Gasteiger partial charge is 0.496 e. The summed E-state index contributed by atoms with van der Waals surface area (Å²) in [7, 11) is 1.59. The van der Waals surface area contributed by atoms with Gasteiger partial charge in [0.05, 0.1) is 18.9 Å². The molecule has 0 bridgehead atoms. The van der Waals surface area contributed by atoms with Crippen molar-refractivity contribution in [2.75, 3.05) is 7.11 Å². The number of H-pyrrole nitrogens is 1. The number of amides is 1. The number of benzene rings is 2. The van der Waals surface area contributed by atoms with Gasteiger partial charge in [-0.25, -0.2) is 0 Å². The summed E-state index contributed by atoms with van der Waals surface area (Å²) in [5.74, 6) is -0.100. The molecule has 0 saturated heterocycles. The molecule has 2 atom stereocenters. The maximum absolute atomic E-state index is 13.3. The van der Waals surface area contributed by atoms with Gasteiger partial charge in [-0.3, -0.25) is 14.6 Å². The van der Waals surface area contributed by atoms with Gasteiger partial charge in [0.2, 0.25) is 5.91 Å². The Morgan fingerprint density at radius 3 is 2.67 bits per heavy atom. The number of pyridine rings is 1. The zero-order chi connectivity index (χ0) is 25.7. The molecule has 0 aliphatic carbocycles. The lowest BCUT2D eigenvalue weighted by atomic mass is 9.90. The van der Waals surface area contributed by atoms with Gasteiger partial charge in [0.1, 0.15) is 11.8 Å². The molecule has 184 valence electrons. The van der Waals surface area contributed by atoms with E-state index in [-0.39, 0.29) is 24.0 Å². The summed E-state index contributed by atoms with van der Waals surface area (Å²) in [6, 6.07) is 16.7. The number of nitriles is 1. The number of aromatic amines is 1. The van der Waals surface area contributed by atoms with Crippen LogP contribution in [0.15, 0.2) is 60.9 Å². The van der Waals surface area contributed by atoms with E-state index in [0.29, 0.717) is 24.3 Å². The Morgan fingerprint density at radius 1 is 1.11 bits per heavy atom. The van der Waals surface area contributed by atoms with E-state index >= 15 is 0 Å². The van der Waals surface area contributed by atoms with E-state index < -0.39 is 12.0 Å². The van der Waals surface area contributed by atoms with E-state index in [0.717, 1.165) is 27.2 Å². The molecule has 0 fully saturated rings. The average molecular weight is 483 g/mol. The van der Waals surface area contributed by atoms with Crippen molar-refractivity contribution in [3.05, 3.63) is 72.2 Å². The maximum atomic E-state index is 13.3. The van der Waals surface area contributed by atoms with E-state index in [1.54, 1.807) is 25.6 Å². The Balaban J connectivity index is 1.50. The van der Waals surface area contributed by atoms with Crippen molar-refractivity contribution in [3.63, 3.8) is 0 Å². The predicted octanol–water partition coefficient (Wildman–Crippen LogP) is 5.21. The van der Waals surface area contributed by atoms with Gasteiger partial charge in [-0.2, -0.15) is 5.26 Å². The summed E-state index contributed by atoms with van der Waals surface area (Å²) in [4.78, 5) is 33.9. The van der Waals surface area contributed by atoms with Crippen molar-refractivity contribution in [2.45, 2.75) is 39.2 Å². The van der Waals surface area contributed by atoms with Crippen molar-refractivity contribution in [2.24, 2.45) is 11.8 Å². The van der Waals surface area contributed by atoms with E-state index in [1.165, 1.54) is 0 Å². The van der Waals surface area contributed by atoms with Crippen LogP contribution in [0.2, 0.25) is 0 Å². The molecule has 0 saturated carbocycles. The number of Topliss-reactive ketones (excluding diaryl/α,β-unsaturated/α-hetero) is 1. The molecule has 7 heteroatoms. The first-order chi connectivity index (χ1) is 17.4. The third-order valence-corrected chi connectivity index (χ3v) is 6.35. The first-order valence-corrected chi connectivity index (χ1v) is 12.1. The highest BCUT2D eigenvalue weighted by atomic mass is 16.5. The number of aromatic nitrogens is 2. The van der Waals surface area contributed by atoms with Crippen LogP contribution in [0.25, 0.3) is 21.7 Å². The number of hydrogen-bond donors (Lipinski definition) is 2. The Hall–Kier alpha value is -4.18. The van der Waals surface area contributed by atoms with Crippen LogP contribution in [-0.2, 0) is 11.2 Å². The van der Waals surface area contributed by atoms with Crippen molar-refractivity contribution in [3.8, 4) is 11.8 Å². The maximum Gasteiger partial charge on any atom is 0.224 e. The summed E-state index contributed by atoms with van der Waals surface area (Å²) < 4.78 is 5.39. The van der Waals surface area contributed by atoms with Crippen molar-refractivity contribution >= 4 is 33.4 Å². The number of ketones is 1. The quantitative estimate of drug-likeness (QED) is 0.302. The molecule has 2 N–H and O–H groups in total. The van der Waals surface area contributed by atoms with Gasteiger partial charge in [0, 0.05) is 47.4 Å². The second-order valence-corrected chi connectivity index (χ2v) is 9.47. The van der Waals surface area contributed by atoms with Crippen molar-refractivity contribution in [1.29, 1.82) is 5.26 Å². The Kier molecular flexibility index (Phi) is 7.65. The van der Waals surface area contributed by atoms with Crippen LogP contribution < -0.4 is 10.1 Å². The molecule has 4 aromatic rings. The molecular formula is C29H30N4O3. The highest BCUT2D eigenvalue weighted by Crippen LogP contribution is 2.28. The molecule has 0 aliphatic rings. The number of methoxy groups -OCH3 is 1. The van der Waals surface area contributed by atoms with Crippen LogP contribution in [0.4, 0.5) is 0 Å². The molecule has 2 aromatic carbocycles. The van der Waals surface area contributed by atoms with Gasteiger partial charge in [-0.05, 0) is 41.5 Å². The van der Waals surface area contributed by atoms with Crippen LogP contribution in [0, 0.1) is 23.2 Å². The summed E-state index contributed by atoms with van der Waals surface area (Å²) in [5.41, 5.74) is 2.13. The Bertz CT molecular complexity index is 1430. The van der Waals surface area contributed by atoms with Gasteiger partial charge >= 0.3 is 0 Å². The number of carbonyl (C=O) groups excluding carboxylic acids is 2. The molecule has 0 spiro atoms. The highest BCUT2D eigenvalue weighted by molar-refractivity contribution is 6.02. The second kappa shape index (κ2) is 11.0. The molecule has 2 heterocycles. The lowest BCUT2D eigenvalue weighted by Gasteiger charge is -2.20. The lowest BCUT2D eigenvalue weighted by molar-refractivity contribution is -0.125. The number of nitrogens with zero attached hydrogens (tertiary/aromatic N) is 2. The van der Waals surface area contributed by atoms with Crippen LogP contribution in [0.3, 0.4) is 0 Å². The molecular weight excluding hydrogens is 452 g/mol. The van der Waals surface area contributed by atoms with Crippen molar-refractivity contribution in [1.82, 2.24) is 15.3 Å². The SMILES string of the molecule is COc1cccc2[nH]c(C(=O)CC(CC(C)C)C(=O)NC(C#N)Cc3cncc4ccccc34)cc12. The smallest absolute Gasteiger partial charge is 0.224 e. The molecule has 4 rings (SSSR count). The summed E-state index contributed by atoms with van der Waals surface area (Å²) in [6.07, 6.45) is 4.43. The normalized spacial score (nSPS) is 12.9. The number of hydrogen-bond acceptors (Lipinski definition) is 5. The first-order valence-electron chi connectivity index (χ1n) is 12.1. The zero-order valence-corrected chi connectivity index (χ0v) is 20.7. The Morgan fingerprint density at radius 2 is 1.92 bits per heavy atom. The molecule has 0 aliphatic heterocycles. The minimum absolute atomic E-state index is 0.0487. The zero-order valence-electron chi connectivity index (χ0n) is 20.7. The van der Waals surface area contributed by atoms with E-state index in [1.807, 2.05) is 56.3 Å². The molecule has 36 heavy (non-hydrogen) atoms. The van der Waals surface area contributed by atoms with E-state index in [2.05, 4.69) is 21.4 Å². The molecule has 7 nitrogen and oxygen atoms in total. The van der Waals surface area contributed by atoms with Gasteiger partial charge in [0.25, 0.3) is 0 Å². The van der Waals surface area contributed by atoms with Crippen LogP contribution in [0.1, 0.15) is 42.7 Å².